The number of hydrogen-bond donors (Lipinski definition) is 1. The minimum atomic E-state index is -0.376. The highest BCUT2D eigenvalue weighted by molar-refractivity contribution is 7.11. The lowest BCUT2D eigenvalue weighted by atomic mass is 10.3. The third kappa shape index (κ3) is 1.16. The molecule has 0 bridgehead atoms. The van der Waals surface area contributed by atoms with E-state index < -0.39 is 0 Å². The molecule has 0 aliphatic carbocycles. The van der Waals surface area contributed by atoms with Gasteiger partial charge < -0.3 is 5.73 Å². The average Bonchev–Trinajstić information content (AvgIpc) is 2.33. The molecule has 0 unspecified atom stereocenters. The van der Waals surface area contributed by atoms with Gasteiger partial charge in [0.25, 0.3) is 5.91 Å². The van der Waals surface area contributed by atoms with Crippen LogP contribution < -0.4 is 5.73 Å². The molecule has 1 amide bonds. The quantitative estimate of drug-likeness (QED) is 0.688. The molecule has 54 valence electrons. The van der Waals surface area contributed by atoms with Gasteiger partial charge in [-0.25, -0.2) is 4.98 Å². The van der Waals surface area contributed by atoms with Gasteiger partial charge in [0.05, 0.1) is 11.2 Å². The lowest BCUT2D eigenvalue weighted by Crippen LogP contribution is -2.11. The molecular weight excluding hydrogens is 148 g/mol. The summed E-state index contributed by atoms with van der Waals surface area (Å²) < 4.78 is 0. The summed E-state index contributed by atoms with van der Waals surface area (Å²) in [5.41, 5.74) is 7.51. The summed E-state index contributed by atoms with van der Waals surface area (Å²) in [5.74, 6) is -0.376. The Balaban J connectivity index is 3.01. The molecule has 1 aromatic rings. The monoisotopic (exact) mass is 156 g/mol. The van der Waals surface area contributed by atoms with Gasteiger partial charge in [0.1, 0.15) is 4.88 Å². The first-order valence-electron chi connectivity index (χ1n) is 2.98. The Bertz CT molecular complexity index is 244. The summed E-state index contributed by atoms with van der Waals surface area (Å²) in [6.45, 7) is 1.95. The minimum absolute atomic E-state index is 0.376. The molecule has 0 spiro atoms. The van der Waals surface area contributed by atoms with Crippen LogP contribution in [0.25, 0.3) is 0 Å². The van der Waals surface area contributed by atoms with E-state index in [0.717, 1.165) is 12.1 Å². The van der Waals surface area contributed by atoms with Gasteiger partial charge in [-0.1, -0.05) is 6.92 Å². The van der Waals surface area contributed by atoms with E-state index in [4.69, 9.17) is 5.73 Å². The second-order valence-corrected chi connectivity index (χ2v) is 2.70. The number of nitrogens with two attached hydrogens (primary N) is 1. The Morgan fingerprint density at radius 2 is 2.60 bits per heavy atom. The highest BCUT2D eigenvalue weighted by Crippen LogP contribution is 2.11. The zero-order valence-electron chi connectivity index (χ0n) is 5.63. The standard InChI is InChI=1S/C6H8N2OS/c1-2-4-5(6(7)9)10-3-8-4/h3H,2H2,1H3,(H2,7,9). The smallest absolute Gasteiger partial charge is 0.260 e. The van der Waals surface area contributed by atoms with Gasteiger partial charge in [0.2, 0.25) is 0 Å². The van der Waals surface area contributed by atoms with Gasteiger partial charge in [-0.2, -0.15) is 0 Å². The number of aryl methyl sites for hydroxylation is 1. The number of amides is 1. The van der Waals surface area contributed by atoms with Crippen LogP contribution in [-0.4, -0.2) is 10.9 Å². The normalized spacial score (nSPS) is 9.70. The second kappa shape index (κ2) is 2.79. The Morgan fingerprint density at radius 1 is 1.90 bits per heavy atom. The fourth-order valence-electron chi connectivity index (χ4n) is 0.721. The lowest BCUT2D eigenvalue weighted by Gasteiger charge is -1.90. The van der Waals surface area contributed by atoms with E-state index in [-0.39, 0.29) is 5.91 Å². The summed E-state index contributed by atoms with van der Waals surface area (Å²) in [7, 11) is 0. The van der Waals surface area contributed by atoms with Crippen LogP contribution in [-0.2, 0) is 6.42 Å². The maximum absolute atomic E-state index is 10.6. The number of rotatable bonds is 2. The largest absolute Gasteiger partial charge is 0.365 e. The molecule has 4 heteroatoms. The number of aromatic nitrogens is 1. The summed E-state index contributed by atoms with van der Waals surface area (Å²) in [6.07, 6.45) is 0.766. The molecule has 0 radical (unpaired) electrons. The number of thiazole rings is 1. The molecule has 3 nitrogen and oxygen atoms in total. The maximum Gasteiger partial charge on any atom is 0.260 e. The van der Waals surface area contributed by atoms with Gasteiger partial charge in [-0.3, -0.25) is 4.79 Å². The van der Waals surface area contributed by atoms with Crippen LogP contribution in [0.4, 0.5) is 0 Å². The number of carbonyl (C=O) groups excluding carboxylic acids is 1. The van der Waals surface area contributed by atoms with E-state index in [1.807, 2.05) is 6.92 Å². The van der Waals surface area contributed by atoms with E-state index >= 15 is 0 Å². The van der Waals surface area contributed by atoms with E-state index in [1.54, 1.807) is 5.51 Å². The van der Waals surface area contributed by atoms with Crippen LogP contribution in [0.15, 0.2) is 5.51 Å². The Morgan fingerprint density at radius 3 is 3.00 bits per heavy atom. The summed E-state index contributed by atoms with van der Waals surface area (Å²) in [4.78, 5) is 15.2. The fraction of sp³-hybridized carbons (Fsp3) is 0.333. The Kier molecular flexibility index (Phi) is 2.01. The summed E-state index contributed by atoms with van der Waals surface area (Å²) >= 11 is 1.30. The van der Waals surface area contributed by atoms with E-state index in [9.17, 15) is 4.79 Å². The first-order valence-corrected chi connectivity index (χ1v) is 3.85. The third-order valence-corrected chi connectivity index (χ3v) is 2.08. The van der Waals surface area contributed by atoms with Crippen LogP contribution >= 0.6 is 11.3 Å². The SMILES string of the molecule is CCc1ncsc1C(N)=O. The van der Waals surface area contributed by atoms with Crippen LogP contribution in [0.5, 0.6) is 0 Å². The molecule has 0 saturated carbocycles. The van der Waals surface area contributed by atoms with Crippen LogP contribution in [0.3, 0.4) is 0 Å². The van der Waals surface area contributed by atoms with Crippen molar-refractivity contribution in [1.29, 1.82) is 0 Å². The van der Waals surface area contributed by atoms with Crippen LogP contribution in [0.1, 0.15) is 22.3 Å². The van der Waals surface area contributed by atoms with Crippen molar-refractivity contribution < 1.29 is 4.79 Å². The van der Waals surface area contributed by atoms with Crippen molar-refractivity contribution in [3.05, 3.63) is 16.1 Å². The zero-order chi connectivity index (χ0) is 7.56. The van der Waals surface area contributed by atoms with Crippen molar-refractivity contribution in [2.75, 3.05) is 0 Å². The van der Waals surface area contributed by atoms with Crippen molar-refractivity contribution >= 4 is 17.2 Å². The summed E-state index contributed by atoms with van der Waals surface area (Å²) in [5, 5.41) is 0. The Labute approximate surface area is 62.9 Å². The van der Waals surface area contributed by atoms with E-state index in [2.05, 4.69) is 4.98 Å². The molecule has 10 heavy (non-hydrogen) atoms. The van der Waals surface area contributed by atoms with E-state index in [0.29, 0.717) is 4.88 Å². The first-order chi connectivity index (χ1) is 4.75. The van der Waals surface area contributed by atoms with E-state index in [1.165, 1.54) is 11.3 Å². The molecule has 2 N–H and O–H groups in total. The first kappa shape index (κ1) is 7.21. The molecule has 0 atom stereocenters. The summed E-state index contributed by atoms with van der Waals surface area (Å²) in [6, 6.07) is 0. The average molecular weight is 156 g/mol. The van der Waals surface area contributed by atoms with Crippen LogP contribution in [0, 0.1) is 0 Å². The maximum atomic E-state index is 10.6. The molecule has 0 aliphatic rings. The van der Waals surface area contributed by atoms with Crippen molar-refractivity contribution in [2.24, 2.45) is 5.73 Å². The minimum Gasteiger partial charge on any atom is -0.365 e. The highest BCUT2D eigenvalue weighted by Gasteiger charge is 2.08. The highest BCUT2D eigenvalue weighted by atomic mass is 32.1. The molecule has 0 aliphatic heterocycles. The topological polar surface area (TPSA) is 56.0 Å². The predicted molar refractivity (Wildman–Crippen MR) is 40.0 cm³/mol. The number of carbonyl (C=O) groups is 1. The molecule has 0 aromatic carbocycles. The zero-order valence-corrected chi connectivity index (χ0v) is 6.44. The Hall–Kier alpha value is -0.900. The number of primary amides is 1. The molecule has 1 aromatic heterocycles. The fourth-order valence-corrected chi connectivity index (χ4v) is 1.46. The van der Waals surface area contributed by atoms with Gasteiger partial charge in [-0.15, -0.1) is 11.3 Å². The predicted octanol–water partition coefficient (Wildman–Crippen LogP) is 0.804. The van der Waals surface area contributed by atoms with Crippen molar-refractivity contribution in [3.63, 3.8) is 0 Å². The molecule has 0 saturated heterocycles. The van der Waals surface area contributed by atoms with Crippen molar-refractivity contribution in [3.8, 4) is 0 Å². The van der Waals surface area contributed by atoms with Gasteiger partial charge in [0.15, 0.2) is 0 Å². The van der Waals surface area contributed by atoms with Gasteiger partial charge >= 0.3 is 0 Å². The van der Waals surface area contributed by atoms with Crippen molar-refractivity contribution in [1.82, 2.24) is 4.98 Å². The number of hydrogen-bond acceptors (Lipinski definition) is 3. The number of nitrogens with zero attached hydrogens (tertiary/aromatic N) is 1. The van der Waals surface area contributed by atoms with Gasteiger partial charge in [0, 0.05) is 0 Å². The lowest BCUT2D eigenvalue weighted by molar-refractivity contribution is 0.100. The van der Waals surface area contributed by atoms with Crippen LogP contribution in [0.2, 0.25) is 0 Å². The second-order valence-electron chi connectivity index (χ2n) is 1.85. The molecule has 1 heterocycles. The molecular formula is C6H8N2OS. The van der Waals surface area contributed by atoms with Crippen molar-refractivity contribution in [2.45, 2.75) is 13.3 Å². The molecule has 1 rings (SSSR count). The third-order valence-electron chi connectivity index (χ3n) is 1.20. The molecule has 0 fully saturated rings. The van der Waals surface area contributed by atoms with Gasteiger partial charge in [-0.05, 0) is 6.42 Å².